The van der Waals surface area contributed by atoms with E-state index in [9.17, 15) is 19.2 Å². The van der Waals surface area contributed by atoms with Gasteiger partial charge in [-0.25, -0.2) is 4.79 Å². The summed E-state index contributed by atoms with van der Waals surface area (Å²) in [6.45, 7) is 0. The molecule has 246 valence electrons. The summed E-state index contributed by atoms with van der Waals surface area (Å²) in [4.78, 5) is 53.5. The Labute approximate surface area is 288 Å². The standard InChI is InChI=1S/C39H33N3O6S/c1-47-30-22-20-26(21-23-30)24-34(42-36(43)28-14-7-4-8-15-28)37(44)40-29-16-11-17-31(25-29)49-35(27-12-5-3-6-13-27)38(45)41-33-19-10-9-18-32(33)39(46)48-2/h3-25,35H,1-2H3,(H,40,44)(H,41,45)(H,42,43)/b34-24+. The lowest BCUT2D eigenvalue weighted by atomic mass is 10.1. The monoisotopic (exact) mass is 671 g/mol. The molecule has 3 N–H and O–H groups in total. The van der Waals surface area contributed by atoms with Gasteiger partial charge < -0.3 is 25.4 Å². The van der Waals surface area contributed by atoms with Crippen molar-refractivity contribution in [3.8, 4) is 5.75 Å². The number of amides is 3. The molecule has 5 aromatic carbocycles. The number of para-hydroxylation sites is 1. The molecule has 0 aromatic heterocycles. The lowest BCUT2D eigenvalue weighted by Crippen LogP contribution is -2.30. The third-order valence-corrected chi connectivity index (χ3v) is 8.48. The molecule has 49 heavy (non-hydrogen) atoms. The highest BCUT2D eigenvalue weighted by Crippen LogP contribution is 2.37. The Morgan fingerprint density at radius 2 is 1.39 bits per heavy atom. The van der Waals surface area contributed by atoms with Gasteiger partial charge in [-0.05, 0) is 71.8 Å². The minimum absolute atomic E-state index is 0.0305. The normalized spacial score (nSPS) is 11.5. The van der Waals surface area contributed by atoms with Crippen LogP contribution in [-0.4, -0.2) is 37.9 Å². The summed E-state index contributed by atoms with van der Waals surface area (Å²) in [5.74, 6) is -1.25. The molecule has 0 bridgehead atoms. The summed E-state index contributed by atoms with van der Waals surface area (Å²) in [6, 6.07) is 38.6. The quantitative estimate of drug-likeness (QED) is 0.0720. The van der Waals surface area contributed by atoms with Gasteiger partial charge in [-0.15, -0.1) is 11.8 Å². The van der Waals surface area contributed by atoms with E-state index in [1.165, 1.54) is 18.9 Å². The minimum Gasteiger partial charge on any atom is -0.497 e. The minimum atomic E-state index is -0.714. The fourth-order valence-corrected chi connectivity index (χ4v) is 5.85. The Kier molecular flexibility index (Phi) is 11.6. The summed E-state index contributed by atoms with van der Waals surface area (Å²) in [5, 5.41) is 7.79. The Morgan fingerprint density at radius 1 is 0.714 bits per heavy atom. The number of carbonyl (C=O) groups is 4. The summed E-state index contributed by atoms with van der Waals surface area (Å²) in [5.41, 5.74) is 2.86. The maximum Gasteiger partial charge on any atom is 0.339 e. The molecule has 5 rings (SSSR count). The molecular weight excluding hydrogens is 639 g/mol. The van der Waals surface area contributed by atoms with E-state index < -0.39 is 23.0 Å². The van der Waals surface area contributed by atoms with Gasteiger partial charge in [0.05, 0.1) is 25.5 Å². The van der Waals surface area contributed by atoms with Crippen molar-refractivity contribution < 1.29 is 28.7 Å². The maximum atomic E-state index is 13.8. The lowest BCUT2D eigenvalue weighted by molar-refractivity contribution is -0.116. The molecule has 10 heteroatoms. The van der Waals surface area contributed by atoms with Crippen LogP contribution in [0.15, 0.2) is 144 Å². The Morgan fingerprint density at radius 3 is 2.08 bits per heavy atom. The second-order valence-corrected chi connectivity index (χ2v) is 11.7. The van der Waals surface area contributed by atoms with Gasteiger partial charge in [-0.1, -0.05) is 78.9 Å². The molecule has 0 aliphatic heterocycles. The molecule has 3 amide bonds. The molecular formula is C39H33N3O6S. The number of ether oxygens (including phenoxy) is 2. The first kappa shape index (κ1) is 34.2. The third-order valence-electron chi connectivity index (χ3n) is 7.23. The van der Waals surface area contributed by atoms with Gasteiger partial charge >= 0.3 is 5.97 Å². The zero-order valence-corrected chi connectivity index (χ0v) is 27.5. The van der Waals surface area contributed by atoms with E-state index in [-0.39, 0.29) is 17.2 Å². The average molecular weight is 672 g/mol. The first-order valence-corrected chi connectivity index (χ1v) is 16.1. The molecule has 0 saturated heterocycles. The van der Waals surface area contributed by atoms with Crippen LogP contribution in [0, 0.1) is 0 Å². The highest BCUT2D eigenvalue weighted by molar-refractivity contribution is 8.00. The van der Waals surface area contributed by atoms with E-state index in [1.807, 2.05) is 36.4 Å². The van der Waals surface area contributed by atoms with Crippen LogP contribution < -0.4 is 20.7 Å². The van der Waals surface area contributed by atoms with Crippen LogP contribution in [0.4, 0.5) is 11.4 Å². The number of hydrogen-bond donors (Lipinski definition) is 3. The first-order valence-electron chi connectivity index (χ1n) is 15.2. The second-order valence-electron chi connectivity index (χ2n) is 10.6. The van der Waals surface area contributed by atoms with E-state index in [0.717, 1.165) is 5.56 Å². The number of nitrogens with one attached hydrogen (secondary N) is 3. The SMILES string of the molecule is COC(=O)c1ccccc1NC(=O)C(Sc1cccc(NC(=O)/C(=C\c2ccc(OC)cc2)NC(=O)c2ccccc2)c1)c1ccccc1. The number of benzene rings is 5. The van der Waals surface area contributed by atoms with Crippen LogP contribution in [0.2, 0.25) is 0 Å². The molecule has 1 atom stereocenters. The molecule has 9 nitrogen and oxygen atoms in total. The van der Waals surface area contributed by atoms with Crippen molar-refractivity contribution in [2.75, 3.05) is 24.9 Å². The summed E-state index contributed by atoms with van der Waals surface area (Å²) < 4.78 is 10.1. The predicted molar refractivity (Wildman–Crippen MR) is 191 cm³/mol. The molecule has 5 aromatic rings. The van der Waals surface area contributed by atoms with Crippen LogP contribution in [0.25, 0.3) is 6.08 Å². The van der Waals surface area contributed by atoms with Crippen LogP contribution in [0.1, 0.15) is 37.1 Å². The molecule has 0 aliphatic rings. The largest absolute Gasteiger partial charge is 0.497 e. The highest BCUT2D eigenvalue weighted by atomic mass is 32.2. The fraction of sp³-hybridized carbons (Fsp3) is 0.0769. The number of esters is 1. The van der Waals surface area contributed by atoms with Crippen molar-refractivity contribution >= 4 is 52.9 Å². The lowest BCUT2D eigenvalue weighted by Gasteiger charge is -2.19. The Bertz CT molecular complexity index is 1960. The summed E-state index contributed by atoms with van der Waals surface area (Å²) in [7, 11) is 2.85. The fourth-order valence-electron chi connectivity index (χ4n) is 4.77. The molecule has 1 unspecified atom stereocenters. The number of hydrogen-bond acceptors (Lipinski definition) is 7. The van der Waals surface area contributed by atoms with Crippen LogP contribution in [0.3, 0.4) is 0 Å². The van der Waals surface area contributed by atoms with Gasteiger partial charge in [0.25, 0.3) is 11.8 Å². The number of anilines is 2. The Hall–Kier alpha value is -6.13. The number of thioether (sulfide) groups is 1. The van der Waals surface area contributed by atoms with Crippen LogP contribution >= 0.6 is 11.8 Å². The smallest absolute Gasteiger partial charge is 0.339 e. The Balaban J connectivity index is 1.39. The zero-order valence-electron chi connectivity index (χ0n) is 26.7. The van der Waals surface area contributed by atoms with Crippen molar-refractivity contribution in [1.29, 1.82) is 0 Å². The highest BCUT2D eigenvalue weighted by Gasteiger charge is 2.24. The predicted octanol–water partition coefficient (Wildman–Crippen LogP) is 7.36. The third kappa shape index (κ3) is 9.24. The van der Waals surface area contributed by atoms with E-state index in [4.69, 9.17) is 9.47 Å². The van der Waals surface area contributed by atoms with E-state index in [2.05, 4.69) is 16.0 Å². The summed E-state index contributed by atoms with van der Waals surface area (Å²) in [6.07, 6.45) is 1.58. The van der Waals surface area contributed by atoms with Crippen LogP contribution in [0.5, 0.6) is 5.75 Å². The average Bonchev–Trinajstić information content (AvgIpc) is 3.14. The number of carbonyl (C=O) groups excluding carboxylic acids is 4. The first-order chi connectivity index (χ1) is 23.8. The molecule has 0 fully saturated rings. The van der Waals surface area contributed by atoms with Gasteiger partial charge in [0.15, 0.2) is 0 Å². The number of rotatable bonds is 12. The molecule has 0 aliphatic carbocycles. The van der Waals surface area contributed by atoms with Crippen molar-refractivity contribution in [3.05, 3.63) is 161 Å². The molecule has 0 spiro atoms. The van der Waals surface area contributed by atoms with E-state index >= 15 is 0 Å². The molecule has 0 saturated carbocycles. The topological polar surface area (TPSA) is 123 Å². The van der Waals surface area contributed by atoms with Gasteiger partial charge in [-0.2, -0.15) is 0 Å². The van der Waals surface area contributed by atoms with Gasteiger partial charge in [0.1, 0.15) is 16.7 Å². The summed E-state index contributed by atoms with van der Waals surface area (Å²) >= 11 is 1.28. The van der Waals surface area contributed by atoms with Crippen molar-refractivity contribution in [2.45, 2.75) is 10.1 Å². The van der Waals surface area contributed by atoms with E-state index in [1.54, 1.807) is 110 Å². The van der Waals surface area contributed by atoms with Gasteiger partial charge in [-0.3, -0.25) is 14.4 Å². The molecule has 0 heterocycles. The molecule has 0 radical (unpaired) electrons. The number of methoxy groups -OCH3 is 2. The van der Waals surface area contributed by atoms with Gasteiger partial charge in [0.2, 0.25) is 5.91 Å². The van der Waals surface area contributed by atoms with E-state index in [0.29, 0.717) is 33.1 Å². The van der Waals surface area contributed by atoms with Crippen molar-refractivity contribution in [2.24, 2.45) is 0 Å². The van der Waals surface area contributed by atoms with Crippen molar-refractivity contribution in [3.63, 3.8) is 0 Å². The second kappa shape index (κ2) is 16.6. The van der Waals surface area contributed by atoms with Gasteiger partial charge in [0, 0.05) is 16.1 Å². The van der Waals surface area contributed by atoms with Crippen LogP contribution in [-0.2, 0) is 14.3 Å². The maximum absolute atomic E-state index is 13.8. The zero-order chi connectivity index (χ0) is 34.6. The van der Waals surface area contributed by atoms with Crippen molar-refractivity contribution in [1.82, 2.24) is 5.32 Å².